The number of hydrogen-bond donors (Lipinski definition) is 1. The summed E-state index contributed by atoms with van der Waals surface area (Å²) < 4.78 is 26.0. The predicted molar refractivity (Wildman–Crippen MR) is 114 cm³/mol. The maximum absolute atomic E-state index is 11.7. The van der Waals surface area contributed by atoms with Crippen LogP contribution in [0.15, 0.2) is 48.8 Å². The molecule has 0 saturated carbocycles. The second-order valence-corrected chi connectivity index (χ2v) is 6.28. The van der Waals surface area contributed by atoms with E-state index < -0.39 is 17.0 Å². The van der Waals surface area contributed by atoms with Crippen molar-refractivity contribution in [3.63, 3.8) is 0 Å². The summed E-state index contributed by atoms with van der Waals surface area (Å²) in [6.45, 7) is 2.28. The van der Waals surface area contributed by atoms with Crippen molar-refractivity contribution in [2.75, 3.05) is 52.8 Å². The number of non-ortho nitro benzene ring substituents is 1. The molecule has 0 radical (unpaired) electrons. The molecule has 0 unspecified atom stereocenters. The van der Waals surface area contributed by atoms with Crippen molar-refractivity contribution in [1.29, 1.82) is 0 Å². The van der Waals surface area contributed by atoms with Crippen molar-refractivity contribution >= 4 is 17.7 Å². The Labute approximate surface area is 189 Å². The first-order valence-electron chi connectivity index (χ1n) is 10.1. The third-order valence-corrected chi connectivity index (χ3v) is 3.88. The molecule has 12 heteroatoms. The van der Waals surface area contributed by atoms with Gasteiger partial charge in [-0.05, 0) is 24.3 Å². The summed E-state index contributed by atoms with van der Waals surface area (Å²) in [7, 11) is 0. The van der Waals surface area contributed by atoms with E-state index in [1.165, 1.54) is 30.5 Å². The standard InChI is InChI=1S/C21H25N3O9/c25-20(17-2-1-7-22-16-17)32-15-14-31-13-12-30-11-10-29-9-8-23-21(26)33-19-5-3-18(4-6-19)24(27)28/h1-7,16H,8-15H2,(H,23,26). The Morgan fingerprint density at radius 3 is 2.15 bits per heavy atom. The number of amides is 1. The lowest BCUT2D eigenvalue weighted by Gasteiger charge is -2.08. The van der Waals surface area contributed by atoms with Crippen molar-refractivity contribution < 1.29 is 38.2 Å². The van der Waals surface area contributed by atoms with Crippen LogP contribution in [0.4, 0.5) is 10.5 Å². The fourth-order valence-electron chi connectivity index (χ4n) is 2.31. The van der Waals surface area contributed by atoms with Crippen LogP contribution in [0, 0.1) is 10.1 Å². The van der Waals surface area contributed by atoms with Gasteiger partial charge in [-0.2, -0.15) is 0 Å². The van der Waals surface area contributed by atoms with Crippen LogP contribution in [-0.2, 0) is 18.9 Å². The Bertz CT molecular complexity index is 863. The molecule has 1 N–H and O–H groups in total. The molecule has 0 saturated heterocycles. The summed E-state index contributed by atoms with van der Waals surface area (Å²) in [5, 5.41) is 13.1. The van der Waals surface area contributed by atoms with E-state index in [9.17, 15) is 19.7 Å². The molecule has 0 bridgehead atoms. The van der Waals surface area contributed by atoms with E-state index in [4.69, 9.17) is 23.7 Å². The summed E-state index contributed by atoms with van der Waals surface area (Å²) in [6.07, 6.45) is 2.32. The van der Waals surface area contributed by atoms with Gasteiger partial charge in [0.1, 0.15) is 12.4 Å². The SMILES string of the molecule is O=C(NCCOCCOCCOCCOC(=O)c1cccnc1)Oc1ccc([N+](=O)[O-])cc1. The highest BCUT2D eigenvalue weighted by Crippen LogP contribution is 2.17. The summed E-state index contributed by atoms with van der Waals surface area (Å²) in [4.78, 5) is 37.2. The summed E-state index contributed by atoms with van der Waals surface area (Å²) in [5.74, 6) is -0.254. The van der Waals surface area contributed by atoms with Gasteiger partial charge in [-0.1, -0.05) is 0 Å². The Balaban J connectivity index is 1.36. The van der Waals surface area contributed by atoms with Crippen molar-refractivity contribution in [3.05, 3.63) is 64.5 Å². The Hall–Kier alpha value is -3.61. The quantitative estimate of drug-likeness (QED) is 0.180. The van der Waals surface area contributed by atoms with Gasteiger partial charge in [-0.15, -0.1) is 0 Å². The molecule has 0 aliphatic heterocycles. The number of hydrogen-bond acceptors (Lipinski definition) is 10. The molecule has 33 heavy (non-hydrogen) atoms. The molecule has 0 fully saturated rings. The number of nitrogens with zero attached hydrogens (tertiary/aromatic N) is 2. The van der Waals surface area contributed by atoms with Crippen molar-refractivity contribution in [2.45, 2.75) is 0 Å². The molecule has 0 aliphatic carbocycles. The number of nitro groups is 1. The first-order valence-corrected chi connectivity index (χ1v) is 10.1. The molecule has 2 rings (SSSR count). The zero-order chi connectivity index (χ0) is 23.7. The molecule has 0 atom stereocenters. The normalized spacial score (nSPS) is 10.4. The fraction of sp³-hybridized carbons (Fsp3) is 0.381. The minimum Gasteiger partial charge on any atom is -0.460 e. The average Bonchev–Trinajstić information content (AvgIpc) is 2.82. The van der Waals surface area contributed by atoms with Gasteiger partial charge in [-0.25, -0.2) is 9.59 Å². The van der Waals surface area contributed by atoms with E-state index in [2.05, 4.69) is 10.3 Å². The zero-order valence-corrected chi connectivity index (χ0v) is 17.8. The molecule has 1 amide bonds. The lowest BCUT2D eigenvalue weighted by Crippen LogP contribution is -2.30. The highest BCUT2D eigenvalue weighted by molar-refractivity contribution is 5.88. The second-order valence-electron chi connectivity index (χ2n) is 6.28. The number of ether oxygens (including phenoxy) is 5. The number of nitrogens with one attached hydrogen (secondary N) is 1. The lowest BCUT2D eigenvalue weighted by atomic mass is 10.3. The van der Waals surface area contributed by atoms with E-state index in [1.807, 2.05) is 0 Å². The van der Waals surface area contributed by atoms with Gasteiger partial charge in [0.05, 0.1) is 50.1 Å². The Kier molecular flexibility index (Phi) is 11.8. The average molecular weight is 463 g/mol. The van der Waals surface area contributed by atoms with E-state index in [-0.39, 0.29) is 37.8 Å². The third kappa shape index (κ3) is 11.0. The molecule has 1 aromatic carbocycles. The van der Waals surface area contributed by atoms with Crippen LogP contribution < -0.4 is 10.1 Å². The van der Waals surface area contributed by atoms with Crippen molar-refractivity contribution in [1.82, 2.24) is 10.3 Å². The number of carbonyl (C=O) groups is 2. The number of rotatable bonds is 15. The van der Waals surface area contributed by atoms with Gasteiger partial charge < -0.3 is 29.0 Å². The minimum atomic E-state index is -0.688. The van der Waals surface area contributed by atoms with Crippen molar-refractivity contribution in [2.24, 2.45) is 0 Å². The van der Waals surface area contributed by atoms with Crippen LogP contribution >= 0.6 is 0 Å². The molecule has 178 valence electrons. The highest BCUT2D eigenvalue weighted by Gasteiger charge is 2.08. The van der Waals surface area contributed by atoms with E-state index in [1.54, 1.807) is 18.3 Å². The highest BCUT2D eigenvalue weighted by atomic mass is 16.6. The second kappa shape index (κ2) is 15.2. The van der Waals surface area contributed by atoms with Crippen LogP contribution in [0.5, 0.6) is 5.75 Å². The third-order valence-electron chi connectivity index (χ3n) is 3.88. The van der Waals surface area contributed by atoms with Gasteiger partial charge in [0.15, 0.2) is 0 Å². The molecule has 0 aliphatic rings. The number of benzene rings is 1. The van der Waals surface area contributed by atoms with Crippen molar-refractivity contribution in [3.8, 4) is 5.75 Å². The summed E-state index contributed by atoms with van der Waals surface area (Å²) >= 11 is 0. The number of esters is 1. The molecule has 1 heterocycles. The van der Waals surface area contributed by atoms with E-state index >= 15 is 0 Å². The molecule has 1 aromatic heterocycles. The topological polar surface area (TPSA) is 148 Å². The Morgan fingerprint density at radius 1 is 0.909 bits per heavy atom. The number of pyridine rings is 1. The molecular weight excluding hydrogens is 438 g/mol. The van der Waals surface area contributed by atoms with E-state index in [0.29, 0.717) is 32.0 Å². The summed E-state index contributed by atoms with van der Waals surface area (Å²) in [5.41, 5.74) is 0.296. The van der Waals surface area contributed by atoms with Crippen LogP contribution in [-0.4, -0.2) is 74.8 Å². The van der Waals surface area contributed by atoms with Gasteiger partial charge in [0.2, 0.25) is 0 Å². The smallest absolute Gasteiger partial charge is 0.412 e. The predicted octanol–water partition coefficient (Wildman–Crippen LogP) is 1.98. The molecule has 0 spiro atoms. The minimum absolute atomic E-state index is 0.0905. The molecule has 12 nitrogen and oxygen atoms in total. The Morgan fingerprint density at radius 2 is 1.55 bits per heavy atom. The van der Waals surface area contributed by atoms with Gasteiger partial charge in [0.25, 0.3) is 5.69 Å². The lowest BCUT2D eigenvalue weighted by molar-refractivity contribution is -0.384. The van der Waals surface area contributed by atoms with Crippen LogP contribution in [0.3, 0.4) is 0 Å². The number of carbonyl (C=O) groups excluding carboxylic acids is 2. The van der Waals surface area contributed by atoms with Crippen LogP contribution in [0.25, 0.3) is 0 Å². The largest absolute Gasteiger partial charge is 0.460 e. The molecular formula is C21H25N3O9. The fourth-order valence-corrected chi connectivity index (χ4v) is 2.31. The van der Waals surface area contributed by atoms with Crippen LogP contribution in [0.2, 0.25) is 0 Å². The number of aromatic nitrogens is 1. The molecule has 2 aromatic rings. The number of nitro benzene ring substituents is 1. The zero-order valence-electron chi connectivity index (χ0n) is 17.8. The first-order chi connectivity index (χ1) is 16.1. The van der Waals surface area contributed by atoms with Gasteiger partial charge in [-0.3, -0.25) is 15.1 Å². The first kappa shape index (κ1) is 25.6. The van der Waals surface area contributed by atoms with Gasteiger partial charge >= 0.3 is 12.1 Å². The summed E-state index contributed by atoms with van der Waals surface area (Å²) in [6, 6.07) is 8.44. The van der Waals surface area contributed by atoms with Crippen LogP contribution in [0.1, 0.15) is 10.4 Å². The van der Waals surface area contributed by atoms with E-state index in [0.717, 1.165) is 0 Å². The maximum Gasteiger partial charge on any atom is 0.412 e. The van der Waals surface area contributed by atoms with Gasteiger partial charge in [0, 0.05) is 31.1 Å². The monoisotopic (exact) mass is 463 g/mol. The maximum atomic E-state index is 11.7.